The molecule has 1 N–H and O–H groups in total. The standard InChI is InChI=1S/C17H21NO2S/c1-4-21(19,20)17-11-6-5-10-16(17)18-14(3)15-9-7-8-13(2)12-15/h5-12,14,18H,4H2,1-3H3. The SMILES string of the molecule is CCS(=O)(=O)c1ccccc1NC(C)c1cccc(C)c1. The second kappa shape index (κ2) is 6.31. The molecule has 3 nitrogen and oxygen atoms in total. The molecule has 0 aliphatic carbocycles. The molecule has 0 aliphatic rings. The van der Waals surface area contributed by atoms with Gasteiger partial charge in [-0.15, -0.1) is 0 Å². The van der Waals surface area contributed by atoms with Crippen LogP contribution in [0.1, 0.15) is 31.0 Å². The Morgan fingerprint density at radius 1 is 1.10 bits per heavy atom. The third-order valence-electron chi connectivity index (χ3n) is 3.52. The van der Waals surface area contributed by atoms with Crippen LogP contribution in [0, 0.1) is 6.92 Å². The summed E-state index contributed by atoms with van der Waals surface area (Å²) in [5, 5.41) is 3.32. The maximum absolute atomic E-state index is 12.2. The van der Waals surface area contributed by atoms with Gasteiger partial charge in [-0.05, 0) is 31.5 Å². The first kappa shape index (κ1) is 15.6. The van der Waals surface area contributed by atoms with Gasteiger partial charge in [-0.2, -0.15) is 0 Å². The molecular weight excluding hydrogens is 282 g/mol. The Bertz CT molecular complexity index is 723. The van der Waals surface area contributed by atoms with Crippen molar-refractivity contribution in [2.75, 3.05) is 11.1 Å². The topological polar surface area (TPSA) is 46.2 Å². The van der Waals surface area contributed by atoms with Crippen molar-refractivity contribution in [2.45, 2.75) is 31.7 Å². The van der Waals surface area contributed by atoms with Crippen molar-refractivity contribution in [3.63, 3.8) is 0 Å². The van der Waals surface area contributed by atoms with E-state index in [1.807, 2.05) is 44.2 Å². The summed E-state index contributed by atoms with van der Waals surface area (Å²) in [7, 11) is -3.23. The van der Waals surface area contributed by atoms with Gasteiger partial charge in [0.05, 0.1) is 16.3 Å². The van der Waals surface area contributed by atoms with Crippen LogP contribution in [-0.4, -0.2) is 14.2 Å². The Kier molecular flexibility index (Phi) is 4.68. The molecule has 0 amide bonds. The van der Waals surface area contributed by atoms with Gasteiger partial charge in [0.1, 0.15) is 0 Å². The third-order valence-corrected chi connectivity index (χ3v) is 5.30. The van der Waals surface area contributed by atoms with Crippen molar-refractivity contribution in [2.24, 2.45) is 0 Å². The molecule has 2 aromatic rings. The van der Waals surface area contributed by atoms with Crippen LogP contribution in [0.4, 0.5) is 5.69 Å². The minimum absolute atomic E-state index is 0.0399. The van der Waals surface area contributed by atoms with E-state index in [-0.39, 0.29) is 11.8 Å². The number of anilines is 1. The van der Waals surface area contributed by atoms with Crippen molar-refractivity contribution in [3.8, 4) is 0 Å². The third kappa shape index (κ3) is 3.64. The summed E-state index contributed by atoms with van der Waals surface area (Å²) in [5.74, 6) is 0.102. The monoisotopic (exact) mass is 303 g/mol. The predicted octanol–water partition coefficient (Wildman–Crippen LogP) is 3.96. The second-order valence-corrected chi connectivity index (χ2v) is 7.43. The number of rotatable bonds is 5. The van der Waals surface area contributed by atoms with Crippen LogP contribution in [0.25, 0.3) is 0 Å². The maximum atomic E-state index is 12.2. The average Bonchev–Trinajstić information content (AvgIpc) is 2.47. The van der Waals surface area contributed by atoms with E-state index >= 15 is 0 Å². The molecule has 2 rings (SSSR count). The lowest BCUT2D eigenvalue weighted by atomic mass is 10.1. The first-order valence-corrected chi connectivity index (χ1v) is 8.74. The Morgan fingerprint density at radius 3 is 2.48 bits per heavy atom. The van der Waals surface area contributed by atoms with E-state index in [1.165, 1.54) is 5.56 Å². The van der Waals surface area contributed by atoms with Crippen molar-refractivity contribution >= 4 is 15.5 Å². The number of nitrogens with one attached hydrogen (secondary N) is 1. The fourth-order valence-electron chi connectivity index (χ4n) is 2.27. The lowest BCUT2D eigenvalue weighted by Gasteiger charge is -2.18. The van der Waals surface area contributed by atoms with Crippen molar-refractivity contribution in [3.05, 3.63) is 59.7 Å². The minimum atomic E-state index is -3.23. The summed E-state index contributed by atoms with van der Waals surface area (Å²) >= 11 is 0. The lowest BCUT2D eigenvalue weighted by Crippen LogP contribution is -2.12. The van der Waals surface area contributed by atoms with Gasteiger partial charge in [-0.25, -0.2) is 8.42 Å². The number of sulfone groups is 1. The zero-order valence-electron chi connectivity index (χ0n) is 12.6. The molecule has 4 heteroatoms. The van der Waals surface area contributed by atoms with E-state index in [0.29, 0.717) is 10.6 Å². The van der Waals surface area contributed by atoms with Crippen LogP contribution >= 0.6 is 0 Å². The molecule has 2 aromatic carbocycles. The molecule has 0 saturated carbocycles. The smallest absolute Gasteiger partial charge is 0.180 e. The van der Waals surface area contributed by atoms with E-state index in [4.69, 9.17) is 0 Å². The van der Waals surface area contributed by atoms with Crippen LogP contribution in [0.3, 0.4) is 0 Å². The second-order valence-electron chi connectivity index (χ2n) is 5.18. The van der Waals surface area contributed by atoms with Gasteiger partial charge in [-0.1, -0.05) is 48.9 Å². The highest BCUT2D eigenvalue weighted by molar-refractivity contribution is 7.91. The normalized spacial score (nSPS) is 12.9. The summed E-state index contributed by atoms with van der Waals surface area (Å²) in [4.78, 5) is 0.368. The molecular formula is C17H21NO2S. The van der Waals surface area contributed by atoms with Crippen molar-refractivity contribution in [1.82, 2.24) is 0 Å². The Balaban J connectivity index is 2.32. The molecule has 0 aliphatic heterocycles. The van der Waals surface area contributed by atoms with Crippen LogP contribution in [-0.2, 0) is 9.84 Å². The first-order chi connectivity index (χ1) is 9.94. The molecule has 0 radical (unpaired) electrons. The highest BCUT2D eigenvalue weighted by Crippen LogP contribution is 2.26. The van der Waals surface area contributed by atoms with Gasteiger partial charge in [-0.3, -0.25) is 0 Å². The number of para-hydroxylation sites is 1. The molecule has 0 heterocycles. The molecule has 0 spiro atoms. The molecule has 0 fully saturated rings. The molecule has 0 saturated heterocycles. The van der Waals surface area contributed by atoms with Crippen molar-refractivity contribution in [1.29, 1.82) is 0 Å². The van der Waals surface area contributed by atoms with Gasteiger partial charge < -0.3 is 5.32 Å². The van der Waals surface area contributed by atoms with Gasteiger partial charge in [0.15, 0.2) is 9.84 Å². The fourth-order valence-corrected chi connectivity index (χ4v) is 3.33. The van der Waals surface area contributed by atoms with Crippen LogP contribution in [0.2, 0.25) is 0 Å². The molecule has 1 atom stereocenters. The number of hydrogen-bond donors (Lipinski definition) is 1. The number of benzene rings is 2. The largest absolute Gasteiger partial charge is 0.377 e. The summed E-state index contributed by atoms with van der Waals surface area (Å²) in [6.07, 6.45) is 0. The van der Waals surface area contributed by atoms with E-state index in [0.717, 1.165) is 5.56 Å². The highest BCUT2D eigenvalue weighted by Gasteiger charge is 2.17. The van der Waals surface area contributed by atoms with Gasteiger partial charge in [0.25, 0.3) is 0 Å². The molecule has 0 aromatic heterocycles. The maximum Gasteiger partial charge on any atom is 0.180 e. The van der Waals surface area contributed by atoms with Crippen LogP contribution < -0.4 is 5.32 Å². The average molecular weight is 303 g/mol. The highest BCUT2D eigenvalue weighted by atomic mass is 32.2. The minimum Gasteiger partial charge on any atom is -0.377 e. The summed E-state index contributed by atoms with van der Waals surface area (Å²) < 4.78 is 24.3. The Morgan fingerprint density at radius 2 is 1.81 bits per heavy atom. The van der Waals surface area contributed by atoms with E-state index in [9.17, 15) is 8.42 Å². The van der Waals surface area contributed by atoms with Crippen LogP contribution in [0.5, 0.6) is 0 Å². The van der Waals surface area contributed by atoms with Gasteiger partial charge in [0, 0.05) is 6.04 Å². The Labute approximate surface area is 126 Å². The van der Waals surface area contributed by atoms with Crippen molar-refractivity contribution < 1.29 is 8.42 Å². The predicted molar refractivity (Wildman–Crippen MR) is 87.4 cm³/mol. The Hall–Kier alpha value is -1.81. The summed E-state index contributed by atoms with van der Waals surface area (Å²) in [6.45, 7) is 5.74. The lowest BCUT2D eigenvalue weighted by molar-refractivity contribution is 0.597. The molecule has 21 heavy (non-hydrogen) atoms. The van der Waals surface area contributed by atoms with E-state index in [1.54, 1.807) is 19.1 Å². The summed E-state index contributed by atoms with van der Waals surface area (Å²) in [5.41, 5.74) is 2.99. The molecule has 112 valence electrons. The quantitative estimate of drug-likeness (QED) is 0.909. The van der Waals surface area contributed by atoms with Crippen LogP contribution in [0.15, 0.2) is 53.4 Å². The van der Waals surface area contributed by atoms with Gasteiger partial charge >= 0.3 is 0 Å². The molecule has 0 bridgehead atoms. The van der Waals surface area contributed by atoms with E-state index < -0.39 is 9.84 Å². The fraction of sp³-hybridized carbons (Fsp3) is 0.294. The zero-order chi connectivity index (χ0) is 15.5. The number of hydrogen-bond acceptors (Lipinski definition) is 3. The molecule has 1 unspecified atom stereocenters. The first-order valence-electron chi connectivity index (χ1n) is 7.09. The van der Waals surface area contributed by atoms with E-state index in [2.05, 4.69) is 11.4 Å². The zero-order valence-corrected chi connectivity index (χ0v) is 13.4. The summed E-state index contributed by atoms with van der Waals surface area (Å²) in [6, 6.07) is 15.3. The number of aryl methyl sites for hydroxylation is 1. The van der Waals surface area contributed by atoms with Gasteiger partial charge in [0.2, 0.25) is 0 Å².